The van der Waals surface area contributed by atoms with E-state index in [-0.39, 0.29) is 6.04 Å². The molecule has 2 atom stereocenters. The van der Waals surface area contributed by atoms with Gasteiger partial charge in [0.1, 0.15) is 0 Å². The maximum atomic E-state index is 12.5. The van der Waals surface area contributed by atoms with Crippen LogP contribution in [0, 0.1) is 0 Å². The number of nitrogens with one attached hydrogen (secondary N) is 1. The summed E-state index contributed by atoms with van der Waals surface area (Å²) in [4.78, 5) is 0. The molecule has 1 aliphatic rings. The van der Waals surface area contributed by atoms with E-state index in [0.29, 0.717) is 11.7 Å². The van der Waals surface area contributed by atoms with E-state index in [4.69, 9.17) is 5.84 Å². The fourth-order valence-corrected chi connectivity index (χ4v) is 3.88. The number of nitrogens with two attached hydrogens (primary N) is 1. The first kappa shape index (κ1) is 15.7. The van der Waals surface area contributed by atoms with Gasteiger partial charge in [0.05, 0.1) is 5.56 Å². The van der Waals surface area contributed by atoms with Crippen LogP contribution in [0.3, 0.4) is 0 Å². The zero-order chi connectivity index (χ0) is 14.6. The summed E-state index contributed by atoms with van der Waals surface area (Å²) in [5, 5.41) is 0.441. The van der Waals surface area contributed by atoms with E-state index in [1.807, 2.05) is 11.8 Å². The highest BCUT2D eigenvalue weighted by Crippen LogP contribution is 2.31. The molecule has 1 fully saturated rings. The normalized spacial score (nSPS) is 21.7. The number of hydrogen-bond donors (Lipinski definition) is 2. The first-order valence-corrected chi connectivity index (χ1v) is 7.79. The molecule has 1 aromatic carbocycles. The molecular formula is C14H19F3N2S. The Hall–Kier alpha value is -0.720. The molecular weight excluding hydrogens is 285 g/mol. The molecule has 3 N–H and O–H groups in total. The third kappa shape index (κ3) is 4.14. The Morgan fingerprint density at radius 2 is 1.95 bits per heavy atom. The molecule has 20 heavy (non-hydrogen) atoms. The third-order valence-electron chi connectivity index (χ3n) is 3.61. The maximum Gasteiger partial charge on any atom is 0.416 e. The summed E-state index contributed by atoms with van der Waals surface area (Å²) in [7, 11) is 0. The molecule has 0 radical (unpaired) electrons. The van der Waals surface area contributed by atoms with Crippen molar-refractivity contribution in [1.29, 1.82) is 0 Å². The number of hydrogen-bond acceptors (Lipinski definition) is 3. The Balaban J connectivity index is 2.00. The van der Waals surface area contributed by atoms with E-state index in [0.717, 1.165) is 29.9 Å². The Kier molecular flexibility index (Phi) is 5.35. The van der Waals surface area contributed by atoms with Gasteiger partial charge in [0.15, 0.2) is 0 Å². The summed E-state index contributed by atoms with van der Waals surface area (Å²) in [6.07, 6.45) is -0.0721. The summed E-state index contributed by atoms with van der Waals surface area (Å²) in [5.41, 5.74) is 3.10. The lowest BCUT2D eigenvalue weighted by molar-refractivity contribution is -0.137. The Labute approximate surface area is 121 Å². The van der Waals surface area contributed by atoms with E-state index in [1.165, 1.54) is 12.8 Å². The summed E-state index contributed by atoms with van der Waals surface area (Å²) in [6, 6.07) is 5.46. The number of hydrazine groups is 1. The second-order valence-electron chi connectivity index (χ2n) is 5.08. The third-order valence-corrected chi connectivity index (χ3v) is 5.13. The maximum absolute atomic E-state index is 12.5. The minimum atomic E-state index is -4.27. The van der Waals surface area contributed by atoms with Crippen molar-refractivity contribution in [2.24, 2.45) is 5.84 Å². The van der Waals surface area contributed by atoms with E-state index >= 15 is 0 Å². The molecule has 2 unspecified atom stereocenters. The molecule has 0 saturated carbocycles. The largest absolute Gasteiger partial charge is 0.416 e. The van der Waals surface area contributed by atoms with Crippen molar-refractivity contribution in [3.63, 3.8) is 0 Å². The molecule has 0 spiro atoms. The summed E-state index contributed by atoms with van der Waals surface area (Å²) >= 11 is 1.90. The smallest absolute Gasteiger partial charge is 0.271 e. The molecule has 2 rings (SSSR count). The predicted octanol–water partition coefficient (Wildman–Crippen LogP) is 3.37. The standard InChI is InChI=1S/C14H19F3N2S/c15-14(16,17)11-6-4-10(5-7-11)9-12(19-18)13-3-1-2-8-20-13/h4-7,12-13,19H,1-3,8-9,18H2. The molecule has 0 bridgehead atoms. The molecule has 112 valence electrons. The van der Waals surface area contributed by atoms with Gasteiger partial charge in [-0.3, -0.25) is 11.3 Å². The second-order valence-corrected chi connectivity index (χ2v) is 6.42. The van der Waals surface area contributed by atoms with Crippen molar-refractivity contribution in [2.75, 3.05) is 5.75 Å². The van der Waals surface area contributed by atoms with Crippen LogP contribution < -0.4 is 11.3 Å². The lowest BCUT2D eigenvalue weighted by Gasteiger charge is -2.29. The van der Waals surface area contributed by atoms with E-state index < -0.39 is 11.7 Å². The van der Waals surface area contributed by atoms with E-state index in [9.17, 15) is 13.2 Å². The molecule has 1 aliphatic heterocycles. The van der Waals surface area contributed by atoms with Crippen LogP contribution in [0.2, 0.25) is 0 Å². The molecule has 0 amide bonds. The van der Waals surface area contributed by atoms with Gasteiger partial charge in [-0.1, -0.05) is 18.6 Å². The van der Waals surface area contributed by atoms with Crippen molar-refractivity contribution in [1.82, 2.24) is 5.43 Å². The van der Waals surface area contributed by atoms with Gasteiger partial charge in [-0.15, -0.1) is 0 Å². The quantitative estimate of drug-likeness (QED) is 0.661. The fourth-order valence-electron chi connectivity index (χ4n) is 2.46. The first-order valence-electron chi connectivity index (χ1n) is 6.74. The van der Waals surface area contributed by atoms with Gasteiger partial charge < -0.3 is 0 Å². The molecule has 1 saturated heterocycles. The van der Waals surface area contributed by atoms with Crippen LogP contribution >= 0.6 is 11.8 Å². The predicted molar refractivity (Wildman–Crippen MR) is 76.4 cm³/mol. The van der Waals surface area contributed by atoms with Crippen molar-refractivity contribution in [3.8, 4) is 0 Å². The lowest BCUT2D eigenvalue weighted by atomic mass is 9.99. The highest BCUT2D eigenvalue weighted by molar-refractivity contribution is 8.00. The average molecular weight is 304 g/mol. The van der Waals surface area contributed by atoms with Crippen LogP contribution in [0.25, 0.3) is 0 Å². The van der Waals surface area contributed by atoms with Crippen molar-refractivity contribution in [3.05, 3.63) is 35.4 Å². The topological polar surface area (TPSA) is 38.0 Å². The fraction of sp³-hybridized carbons (Fsp3) is 0.571. The summed E-state index contributed by atoms with van der Waals surface area (Å²) in [5.74, 6) is 6.74. The molecule has 1 aromatic rings. The zero-order valence-corrected chi connectivity index (χ0v) is 11.9. The van der Waals surface area contributed by atoms with Gasteiger partial charge >= 0.3 is 6.18 Å². The van der Waals surface area contributed by atoms with Crippen molar-refractivity contribution >= 4 is 11.8 Å². The number of halogens is 3. The van der Waals surface area contributed by atoms with Gasteiger partial charge in [0.2, 0.25) is 0 Å². The van der Waals surface area contributed by atoms with Crippen LogP contribution in [0.15, 0.2) is 24.3 Å². The summed E-state index contributed by atoms with van der Waals surface area (Å²) in [6.45, 7) is 0. The lowest BCUT2D eigenvalue weighted by Crippen LogP contribution is -2.45. The molecule has 6 heteroatoms. The highest BCUT2D eigenvalue weighted by Gasteiger charge is 2.30. The van der Waals surface area contributed by atoms with Gasteiger partial charge in [-0.05, 0) is 42.7 Å². The van der Waals surface area contributed by atoms with Gasteiger partial charge in [-0.25, -0.2) is 0 Å². The molecule has 0 aliphatic carbocycles. The van der Waals surface area contributed by atoms with Gasteiger partial charge in [0, 0.05) is 11.3 Å². The van der Waals surface area contributed by atoms with Crippen molar-refractivity contribution < 1.29 is 13.2 Å². The van der Waals surface area contributed by atoms with Gasteiger partial charge in [0.25, 0.3) is 0 Å². The second kappa shape index (κ2) is 6.83. The Morgan fingerprint density at radius 1 is 1.25 bits per heavy atom. The van der Waals surface area contributed by atoms with Crippen LogP contribution in [-0.2, 0) is 12.6 Å². The van der Waals surface area contributed by atoms with E-state index in [2.05, 4.69) is 5.43 Å². The van der Waals surface area contributed by atoms with E-state index in [1.54, 1.807) is 12.1 Å². The SMILES string of the molecule is NNC(Cc1ccc(C(F)(F)F)cc1)C1CCCCS1. The number of rotatable bonds is 4. The first-order chi connectivity index (χ1) is 9.50. The zero-order valence-electron chi connectivity index (χ0n) is 11.1. The van der Waals surface area contributed by atoms with Crippen LogP contribution in [0.4, 0.5) is 13.2 Å². The summed E-state index contributed by atoms with van der Waals surface area (Å²) < 4.78 is 37.5. The van der Waals surface area contributed by atoms with Gasteiger partial charge in [-0.2, -0.15) is 24.9 Å². The molecule has 2 nitrogen and oxygen atoms in total. The van der Waals surface area contributed by atoms with Crippen LogP contribution in [-0.4, -0.2) is 17.0 Å². The Bertz CT molecular complexity index is 413. The van der Waals surface area contributed by atoms with Crippen LogP contribution in [0.1, 0.15) is 30.4 Å². The number of alkyl halides is 3. The van der Waals surface area contributed by atoms with Crippen LogP contribution in [0.5, 0.6) is 0 Å². The highest BCUT2D eigenvalue weighted by atomic mass is 32.2. The minimum Gasteiger partial charge on any atom is -0.271 e. The minimum absolute atomic E-state index is 0.108. The average Bonchev–Trinajstić information content (AvgIpc) is 2.45. The molecule has 0 aromatic heterocycles. The number of thioether (sulfide) groups is 1. The van der Waals surface area contributed by atoms with Crippen molar-refractivity contribution in [2.45, 2.75) is 43.2 Å². The molecule has 1 heterocycles. The Morgan fingerprint density at radius 3 is 2.45 bits per heavy atom. The number of benzene rings is 1. The monoisotopic (exact) mass is 304 g/mol.